The van der Waals surface area contributed by atoms with Gasteiger partial charge in [-0.25, -0.2) is 4.79 Å². The summed E-state index contributed by atoms with van der Waals surface area (Å²) < 4.78 is 6.29. The number of carbonyl (C=O) groups is 2. The summed E-state index contributed by atoms with van der Waals surface area (Å²) >= 11 is 3.31. The Morgan fingerprint density at radius 2 is 2.22 bits per heavy atom. The topological polar surface area (TPSA) is 75.6 Å². The highest BCUT2D eigenvalue weighted by molar-refractivity contribution is 9.10. The Bertz CT molecular complexity index is 436. The second-order valence-corrected chi connectivity index (χ2v) is 4.60. The molecule has 1 amide bonds. The summed E-state index contributed by atoms with van der Waals surface area (Å²) in [6.07, 6.45) is 0.210. The first-order valence-electron chi connectivity index (χ1n) is 5.37. The van der Waals surface area contributed by atoms with Crippen LogP contribution in [-0.4, -0.2) is 29.6 Å². The van der Waals surface area contributed by atoms with Crippen LogP contribution < -0.4 is 10.1 Å². The van der Waals surface area contributed by atoms with Gasteiger partial charge >= 0.3 is 5.97 Å². The first kappa shape index (κ1) is 14.5. The number of carboxylic acid groups (broad SMARTS) is 1. The van der Waals surface area contributed by atoms with Crippen molar-refractivity contribution in [1.82, 2.24) is 5.32 Å². The smallest absolute Gasteiger partial charge is 0.326 e. The molecule has 0 saturated carbocycles. The van der Waals surface area contributed by atoms with Gasteiger partial charge in [-0.3, -0.25) is 4.79 Å². The van der Waals surface area contributed by atoms with Crippen molar-refractivity contribution in [3.05, 3.63) is 28.7 Å². The molecule has 0 saturated heterocycles. The van der Waals surface area contributed by atoms with Crippen molar-refractivity contribution in [3.8, 4) is 5.75 Å². The van der Waals surface area contributed by atoms with Gasteiger partial charge in [0.2, 0.25) is 5.91 Å². The van der Waals surface area contributed by atoms with E-state index < -0.39 is 12.0 Å². The number of hydrogen-bond donors (Lipinski definition) is 2. The van der Waals surface area contributed by atoms with Crippen LogP contribution in [0.2, 0.25) is 0 Å². The van der Waals surface area contributed by atoms with Crippen LogP contribution in [0.25, 0.3) is 0 Å². The third-order valence-corrected chi connectivity index (χ3v) is 2.64. The highest BCUT2D eigenvalue weighted by Gasteiger charge is 2.17. The van der Waals surface area contributed by atoms with Crippen LogP contribution in [0.3, 0.4) is 0 Å². The highest BCUT2D eigenvalue weighted by atomic mass is 79.9. The van der Waals surface area contributed by atoms with E-state index in [0.29, 0.717) is 5.75 Å². The maximum Gasteiger partial charge on any atom is 0.326 e. The second kappa shape index (κ2) is 7.00. The molecule has 0 aliphatic rings. The van der Waals surface area contributed by atoms with Gasteiger partial charge in [0.15, 0.2) is 0 Å². The van der Waals surface area contributed by atoms with Gasteiger partial charge in [-0.2, -0.15) is 0 Å². The molecule has 0 aliphatic heterocycles. The molecule has 1 rings (SSSR count). The minimum atomic E-state index is -1.07. The van der Waals surface area contributed by atoms with Gasteiger partial charge in [0.05, 0.1) is 6.61 Å². The molecule has 0 bridgehead atoms. The van der Waals surface area contributed by atoms with Crippen LogP contribution >= 0.6 is 15.9 Å². The zero-order valence-corrected chi connectivity index (χ0v) is 11.4. The minimum absolute atomic E-state index is 0.210. The number of halogens is 1. The number of nitrogens with one attached hydrogen (secondary N) is 1. The van der Waals surface area contributed by atoms with Crippen molar-refractivity contribution < 1.29 is 19.4 Å². The first-order valence-corrected chi connectivity index (χ1v) is 6.16. The average molecular weight is 316 g/mol. The molecule has 0 fully saturated rings. The summed E-state index contributed by atoms with van der Waals surface area (Å²) in [5.74, 6) is -0.788. The molecule has 98 valence electrons. The molecule has 0 aromatic heterocycles. The number of carboxylic acids is 1. The monoisotopic (exact) mass is 315 g/mol. The number of rotatable bonds is 6. The fourth-order valence-corrected chi connectivity index (χ4v) is 1.73. The normalized spacial score (nSPS) is 11.7. The number of aliphatic carboxylic acids is 1. The Morgan fingerprint density at radius 1 is 1.50 bits per heavy atom. The van der Waals surface area contributed by atoms with E-state index in [1.807, 2.05) is 12.1 Å². The van der Waals surface area contributed by atoms with Crippen molar-refractivity contribution in [1.29, 1.82) is 0 Å². The van der Waals surface area contributed by atoms with Crippen LogP contribution in [-0.2, 0) is 9.59 Å². The second-order valence-electron chi connectivity index (χ2n) is 3.69. The van der Waals surface area contributed by atoms with Crippen molar-refractivity contribution in [3.63, 3.8) is 0 Å². The molecule has 1 aromatic carbocycles. The largest absolute Gasteiger partial charge is 0.493 e. The lowest BCUT2D eigenvalue weighted by molar-refractivity contribution is -0.141. The number of carbonyl (C=O) groups excluding carboxylic acids is 1. The Labute approximate surface area is 113 Å². The minimum Gasteiger partial charge on any atom is -0.493 e. The average Bonchev–Trinajstić information content (AvgIpc) is 2.27. The molecule has 0 radical (unpaired) electrons. The predicted octanol–water partition coefficient (Wildman–Crippen LogP) is 1.81. The molecule has 1 atom stereocenters. The van der Waals surface area contributed by atoms with Crippen molar-refractivity contribution in [2.24, 2.45) is 0 Å². The van der Waals surface area contributed by atoms with Crippen LogP contribution in [0.4, 0.5) is 0 Å². The van der Waals surface area contributed by atoms with E-state index in [4.69, 9.17) is 9.84 Å². The first-order chi connectivity index (χ1) is 8.49. The van der Waals surface area contributed by atoms with Gasteiger partial charge in [-0.15, -0.1) is 0 Å². The molecule has 1 aromatic rings. The summed E-state index contributed by atoms with van der Waals surface area (Å²) in [5.41, 5.74) is 0. The molecular formula is C12H14BrNO4. The third-order valence-electron chi connectivity index (χ3n) is 2.15. The van der Waals surface area contributed by atoms with E-state index in [0.717, 1.165) is 4.47 Å². The molecule has 2 N–H and O–H groups in total. The SMILES string of the molecule is CC(=O)NC(CCOc1cccc(Br)c1)C(=O)O. The van der Waals surface area contributed by atoms with Gasteiger partial charge in [-0.1, -0.05) is 22.0 Å². The lowest BCUT2D eigenvalue weighted by atomic mass is 10.2. The maximum atomic E-state index is 10.9. The van der Waals surface area contributed by atoms with E-state index >= 15 is 0 Å². The Morgan fingerprint density at radius 3 is 2.78 bits per heavy atom. The number of benzene rings is 1. The lowest BCUT2D eigenvalue weighted by Crippen LogP contribution is -2.40. The van der Waals surface area contributed by atoms with E-state index in [2.05, 4.69) is 21.2 Å². The molecule has 1 unspecified atom stereocenters. The molecule has 0 aliphatic carbocycles. The lowest BCUT2D eigenvalue weighted by Gasteiger charge is -2.13. The summed E-state index contributed by atoms with van der Waals surface area (Å²) in [4.78, 5) is 21.7. The Hall–Kier alpha value is -1.56. The number of ether oxygens (including phenoxy) is 1. The fraction of sp³-hybridized carbons (Fsp3) is 0.333. The standard InChI is InChI=1S/C12H14BrNO4/c1-8(15)14-11(12(16)17)5-6-18-10-4-2-3-9(13)7-10/h2-4,7,11H,5-6H2,1H3,(H,14,15)(H,16,17). The van der Waals surface area contributed by atoms with E-state index in [1.165, 1.54) is 6.92 Å². The zero-order chi connectivity index (χ0) is 13.5. The van der Waals surface area contributed by atoms with Gasteiger partial charge in [0, 0.05) is 17.8 Å². The van der Waals surface area contributed by atoms with Gasteiger partial charge in [-0.05, 0) is 18.2 Å². The molecule has 18 heavy (non-hydrogen) atoms. The van der Waals surface area contributed by atoms with Crippen molar-refractivity contribution >= 4 is 27.8 Å². The summed E-state index contributed by atoms with van der Waals surface area (Å²) in [7, 11) is 0. The fourth-order valence-electron chi connectivity index (χ4n) is 1.35. The highest BCUT2D eigenvalue weighted by Crippen LogP contribution is 2.17. The van der Waals surface area contributed by atoms with Crippen LogP contribution in [0, 0.1) is 0 Å². The predicted molar refractivity (Wildman–Crippen MR) is 69.5 cm³/mol. The van der Waals surface area contributed by atoms with Crippen LogP contribution in [0.15, 0.2) is 28.7 Å². The number of hydrogen-bond acceptors (Lipinski definition) is 3. The molecule has 6 heteroatoms. The van der Waals surface area contributed by atoms with Crippen LogP contribution in [0.5, 0.6) is 5.75 Å². The van der Waals surface area contributed by atoms with E-state index in [-0.39, 0.29) is 18.9 Å². The van der Waals surface area contributed by atoms with Crippen molar-refractivity contribution in [2.45, 2.75) is 19.4 Å². The maximum absolute atomic E-state index is 10.9. The van der Waals surface area contributed by atoms with E-state index in [1.54, 1.807) is 12.1 Å². The molecule has 0 spiro atoms. The Kier molecular flexibility index (Phi) is 5.64. The van der Waals surface area contributed by atoms with Crippen molar-refractivity contribution in [2.75, 3.05) is 6.61 Å². The molecule has 5 nitrogen and oxygen atoms in total. The third kappa shape index (κ3) is 5.18. The van der Waals surface area contributed by atoms with Gasteiger partial charge in [0.1, 0.15) is 11.8 Å². The quantitative estimate of drug-likeness (QED) is 0.839. The van der Waals surface area contributed by atoms with E-state index in [9.17, 15) is 9.59 Å². The summed E-state index contributed by atoms with van der Waals surface area (Å²) in [5, 5.41) is 11.2. The van der Waals surface area contributed by atoms with Gasteiger partial charge in [0.25, 0.3) is 0 Å². The van der Waals surface area contributed by atoms with Gasteiger partial charge < -0.3 is 15.2 Å². The van der Waals surface area contributed by atoms with Crippen LogP contribution in [0.1, 0.15) is 13.3 Å². The Balaban J connectivity index is 2.43. The zero-order valence-electron chi connectivity index (χ0n) is 9.85. The molecule has 0 heterocycles. The number of amides is 1. The summed E-state index contributed by atoms with van der Waals surface area (Å²) in [6.45, 7) is 1.50. The molecular weight excluding hydrogens is 302 g/mol. The summed E-state index contributed by atoms with van der Waals surface area (Å²) in [6, 6.07) is 6.33.